The summed E-state index contributed by atoms with van der Waals surface area (Å²) in [5, 5.41) is 4.28. The number of halogens is 1. The molecule has 0 spiro atoms. The molecule has 0 aliphatic rings. The fourth-order valence-corrected chi connectivity index (χ4v) is 2.43. The van der Waals surface area contributed by atoms with Crippen LogP contribution in [0, 0.1) is 0 Å². The molecule has 0 radical (unpaired) electrons. The molecule has 2 heterocycles. The van der Waals surface area contributed by atoms with E-state index in [-0.39, 0.29) is 12.4 Å². The molecule has 0 aliphatic heterocycles. The molecule has 0 saturated heterocycles. The van der Waals surface area contributed by atoms with Gasteiger partial charge in [0.2, 0.25) is 0 Å². The predicted octanol–water partition coefficient (Wildman–Crippen LogP) is -0.502. The highest BCUT2D eigenvalue weighted by Crippen LogP contribution is 2.11. The zero-order chi connectivity index (χ0) is 11.5. The molecule has 0 aliphatic carbocycles. The van der Waals surface area contributed by atoms with Crippen LogP contribution in [0.5, 0.6) is 0 Å². The van der Waals surface area contributed by atoms with E-state index in [1.165, 1.54) is 5.56 Å². The van der Waals surface area contributed by atoms with E-state index in [4.69, 9.17) is 0 Å². The third-order valence-electron chi connectivity index (χ3n) is 2.49. The Morgan fingerprint density at radius 1 is 1.06 bits per heavy atom. The molecule has 0 saturated carbocycles. The van der Waals surface area contributed by atoms with Gasteiger partial charge in [0.1, 0.15) is 17.7 Å². The van der Waals surface area contributed by atoms with Gasteiger partial charge in [0.25, 0.3) is 0 Å². The monoisotopic (exact) mass is 277 g/mol. The molecule has 3 nitrogen and oxygen atoms in total. The van der Waals surface area contributed by atoms with Crippen molar-refractivity contribution in [2.75, 3.05) is 5.32 Å². The zero-order valence-corrected chi connectivity index (χ0v) is 11.2. The maximum Gasteiger partial charge on any atom is 0.342 e. The smallest absolute Gasteiger partial charge is 0.342 e. The van der Waals surface area contributed by atoms with Crippen molar-refractivity contribution in [1.82, 2.24) is 4.98 Å². The summed E-state index contributed by atoms with van der Waals surface area (Å²) >= 11 is 1.61. The molecule has 1 N–H and O–H groups in total. The Balaban J connectivity index is 0.00000120. The summed E-state index contributed by atoms with van der Waals surface area (Å²) in [6, 6.07) is 16.3. The second kappa shape index (κ2) is 5.80. The molecular weight excluding hydrogens is 266 g/mol. The summed E-state index contributed by atoms with van der Waals surface area (Å²) in [4.78, 5) is 4.50. The van der Waals surface area contributed by atoms with E-state index in [1.807, 2.05) is 46.4 Å². The second-order valence-electron chi connectivity index (χ2n) is 3.73. The standard InChI is InChI=1S/C13H11N3S.ClH/c1-2-6-11(7-3-1)10-14-13-15-12-8-4-5-9-16(12)17-13;/h1-9H,10H2;1H. The van der Waals surface area contributed by atoms with Crippen molar-refractivity contribution in [1.29, 1.82) is 0 Å². The highest BCUT2D eigenvalue weighted by atomic mass is 35.5. The van der Waals surface area contributed by atoms with Gasteiger partial charge in [-0.3, -0.25) is 0 Å². The van der Waals surface area contributed by atoms with Crippen LogP contribution in [-0.2, 0) is 6.54 Å². The molecule has 92 valence electrons. The first-order valence-corrected chi connectivity index (χ1v) is 6.25. The van der Waals surface area contributed by atoms with E-state index in [1.54, 1.807) is 11.5 Å². The molecule has 2 aromatic heterocycles. The average Bonchev–Trinajstić information content (AvgIpc) is 2.80. The van der Waals surface area contributed by atoms with Gasteiger partial charge in [0.05, 0.1) is 0 Å². The second-order valence-corrected chi connectivity index (χ2v) is 4.69. The number of hydrogen-bond acceptors (Lipinski definition) is 3. The Bertz CT molecular complexity index is 591. The Hall–Kier alpha value is -1.65. The Labute approximate surface area is 116 Å². The Morgan fingerprint density at radius 3 is 2.61 bits per heavy atom. The summed E-state index contributed by atoms with van der Waals surface area (Å²) in [5.74, 6) is 0. The van der Waals surface area contributed by atoms with Gasteiger partial charge >= 0.3 is 10.8 Å². The van der Waals surface area contributed by atoms with Crippen molar-refractivity contribution in [3.05, 3.63) is 60.3 Å². The highest BCUT2D eigenvalue weighted by molar-refractivity contribution is 7.06. The lowest BCUT2D eigenvalue weighted by molar-refractivity contribution is -0.433. The normalized spacial score (nSPS) is 10.0. The first-order chi connectivity index (χ1) is 8.42. The van der Waals surface area contributed by atoms with E-state index in [0.29, 0.717) is 0 Å². The Morgan fingerprint density at radius 2 is 1.83 bits per heavy atom. The molecule has 0 bridgehead atoms. The Kier molecular flexibility index (Phi) is 4.12. The molecule has 18 heavy (non-hydrogen) atoms. The summed E-state index contributed by atoms with van der Waals surface area (Å²) < 4.78 is 2.05. The van der Waals surface area contributed by atoms with E-state index in [0.717, 1.165) is 17.3 Å². The maximum atomic E-state index is 4.50. The van der Waals surface area contributed by atoms with Crippen molar-refractivity contribution < 1.29 is 16.2 Å². The summed E-state index contributed by atoms with van der Waals surface area (Å²) in [7, 11) is 0. The molecule has 3 rings (SSSR count). The first-order valence-electron chi connectivity index (χ1n) is 5.47. The lowest BCUT2D eigenvalue weighted by Crippen LogP contribution is -3.00. The van der Waals surface area contributed by atoms with Crippen molar-refractivity contribution in [3.63, 3.8) is 0 Å². The van der Waals surface area contributed by atoms with Crippen LogP contribution in [0.25, 0.3) is 5.65 Å². The van der Waals surface area contributed by atoms with Crippen LogP contribution in [-0.4, -0.2) is 4.98 Å². The molecule has 3 aromatic rings. The summed E-state index contributed by atoms with van der Waals surface area (Å²) in [5.41, 5.74) is 2.24. The van der Waals surface area contributed by atoms with Gasteiger partial charge in [-0.25, -0.2) is 0 Å². The number of fused-ring (bicyclic) bond motifs is 1. The van der Waals surface area contributed by atoms with E-state index >= 15 is 0 Å². The highest BCUT2D eigenvalue weighted by Gasteiger charge is 2.11. The van der Waals surface area contributed by atoms with Gasteiger partial charge in [0.15, 0.2) is 0 Å². The van der Waals surface area contributed by atoms with Crippen LogP contribution in [0.2, 0.25) is 0 Å². The topological polar surface area (TPSA) is 29.0 Å². The minimum atomic E-state index is 0. The lowest BCUT2D eigenvalue weighted by Gasteiger charge is -1.98. The molecular formula is C13H12ClN3S. The third kappa shape index (κ3) is 2.78. The number of benzene rings is 1. The fraction of sp³-hybridized carbons (Fsp3) is 0.0769. The number of pyridine rings is 1. The number of nitrogens with one attached hydrogen (secondary N) is 1. The van der Waals surface area contributed by atoms with Crippen LogP contribution in [0.1, 0.15) is 5.56 Å². The quantitative estimate of drug-likeness (QED) is 0.654. The number of nitrogens with zero attached hydrogens (tertiary/aromatic N) is 2. The maximum absolute atomic E-state index is 4.50. The van der Waals surface area contributed by atoms with Gasteiger partial charge in [-0.15, -0.1) is 3.79 Å². The van der Waals surface area contributed by atoms with E-state index in [2.05, 4.69) is 22.4 Å². The minimum absolute atomic E-state index is 0. The van der Waals surface area contributed by atoms with Crippen molar-refractivity contribution in [2.24, 2.45) is 0 Å². The third-order valence-corrected chi connectivity index (χ3v) is 3.41. The molecule has 0 unspecified atom stereocenters. The van der Waals surface area contributed by atoms with E-state index in [9.17, 15) is 0 Å². The number of anilines is 1. The molecule has 0 fully saturated rings. The van der Waals surface area contributed by atoms with Crippen LogP contribution in [0.15, 0.2) is 54.7 Å². The van der Waals surface area contributed by atoms with Crippen LogP contribution < -0.4 is 21.5 Å². The van der Waals surface area contributed by atoms with Gasteiger partial charge in [-0.2, -0.15) is 0 Å². The summed E-state index contributed by atoms with van der Waals surface area (Å²) in [6.07, 6.45) is 2.01. The predicted molar refractivity (Wildman–Crippen MR) is 69.0 cm³/mol. The SMILES string of the molecule is [Cl-].c1ccc(CNc2nc3cccc[n+]3s2)cc1. The van der Waals surface area contributed by atoms with Crippen LogP contribution >= 0.6 is 11.5 Å². The van der Waals surface area contributed by atoms with Crippen molar-refractivity contribution in [2.45, 2.75) is 6.54 Å². The van der Waals surface area contributed by atoms with Crippen LogP contribution in [0.3, 0.4) is 0 Å². The van der Waals surface area contributed by atoms with Crippen LogP contribution in [0.4, 0.5) is 5.13 Å². The van der Waals surface area contributed by atoms with Gasteiger partial charge in [-0.05, 0) is 16.6 Å². The van der Waals surface area contributed by atoms with Crippen molar-refractivity contribution >= 4 is 22.3 Å². The summed E-state index contributed by atoms with van der Waals surface area (Å²) in [6.45, 7) is 0.807. The zero-order valence-electron chi connectivity index (χ0n) is 9.58. The number of aromatic nitrogens is 2. The van der Waals surface area contributed by atoms with E-state index < -0.39 is 0 Å². The van der Waals surface area contributed by atoms with Crippen molar-refractivity contribution in [3.8, 4) is 0 Å². The fourth-order valence-electron chi connectivity index (χ4n) is 1.65. The first kappa shape index (κ1) is 12.8. The number of rotatable bonds is 3. The van der Waals surface area contributed by atoms with Gasteiger partial charge < -0.3 is 17.7 Å². The average molecular weight is 278 g/mol. The molecule has 0 amide bonds. The van der Waals surface area contributed by atoms with Gasteiger partial charge in [0, 0.05) is 12.6 Å². The largest absolute Gasteiger partial charge is 1.00 e. The lowest BCUT2D eigenvalue weighted by atomic mass is 10.2. The number of hydrogen-bond donors (Lipinski definition) is 1. The molecule has 5 heteroatoms. The molecule has 0 atom stereocenters. The molecule has 1 aromatic carbocycles. The minimum Gasteiger partial charge on any atom is -1.00 e. The van der Waals surface area contributed by atoms with Gasteiger partial charge in [-0.1, -0.05) is 36.4 Å².